The van der Waals surface area contributed by atoms with Crippen molar-refractivity contribution in [3.8, 4) is 17.2 Å². The maximum atomic E-state index is 9.56. The summed E-state index contributed by atoms with van der Waals surface area (Å²) in [7, 11) is 0. The average Bonchev–Trinajstić information content (AvgIpc) is 1.91. The minimum atomic E-state index is 0.300. The number of rotatable bonds is 1. The molecule has 1 aromatic rings. The second kappa shape index (κ2) is 2.16. The molecule has 0 saturated carbocycles. The molecule has 0 fully saturated rings. The molecule has 2 aliphatic heterocycles. The van der Waals surface area contributed by atoms with E-state index in [9.17, 15) is 5.11 Å². The lowest BCUT2D eigenvalue weighted by Crippen LogP contribution is -2.07. The summed E-state index contributed by atoms with van der Waals surface area (Å²) in [6.07, 6.45) is 0. The number of hydrogen-bond acceptors (Lipinski definition) is 2. The van der Waals surface area contributed by atoms with Crippen LogP contribution in [0.15, 0.2) is 6.07 Å². The summed E-state index contributed by atoms with van der Waals surface area (Å²) >= 11 is 0. The minimum absolute atomic E-state index is 0.300. The fourth-order valence-corrected chi connectivity index (χ4v) is 1.56. The standard InChI is InChI=1S/C10H12O2/c1-5(2)8-7-4-6(3)9(11)10(8)12-7/h4-5,11H,1-3H3. The Morgan fingerprint density at radius 3 is 2.58 bits per heavy atom. The molecular formula is C10H12O2. The van der Waals surface area contributed by atoms with Gasteiger partial charge < -0.3 is 9.84 Å². The van der Waals surface area contributed by atoms with E-state index in [1.807, 2.05) is 13.0 Å². The lowest BCUT2D eigenvalue weighted by Gasteiger charge is -2.28. The Kier molecular flexibility index (Phi) is 1.34. The van der Waals surface area contributed by atoms with E-state index < -0.39 is 0 Å². The van der Waals surface area contributed by atoms with Crippen molar-refractivity contribution >= 4 is 0 Å². The van der Waals surface area contributed by atoms with Gasteiger partial charge in [-0.05, 0) is 24.5 Å². The zero-order valence-electron chi connectivity index (χ0n) is 7.51. The Balaban J connectivity index is 2.59. The van der Waals surface area contributed by atoms with Gasteiger partial charge in [0.05, 0.1) is 0 Å². The van der Waals surface area contributed by atoms with E-state index in [-0.39, 0.29) is 0 Å². The maximum absolute atomic E-state index is 9.56. The molecule has 0 unspecified atom stereocenters. The zero-order valence-corrected chi connectivity index (χ0v) is 7.51. The van der Waals surface area contributed by atoms with Gasteiger partial charge in [-0.3, -0.25) is 0 Å². The van der Waals surface area contributed by atoms with Crippen LogP contribution < -0.4 is 4.74 Å². The molecule has 0 radical (unpaired) electrons. The molecular weight excluding hydrogens is 152 g/mol. The number of aromatic hydroxyl groups is 1. The highest BCUT2D eigenvalue weighted by Gasteiger charge is 2.29. The molecule has 2 heteroatoms. The molecule has 0 saturated heterocycles. The third-order valence-electron chi connectivity index (χ3n) is 2.24. The van der Waals surface area contributed by atoms with Crippen LogP contribution in [-0.2, 0) is 0 Å². The first-order chi connectivity index (χ1) is 5.61. The summed E-state index contributed by atoms with van der Waals surface area (Å²) in [5.74, 6) is 2.33. The van der Waals surface area contributed by atoms with Crippen molar-refractivity contribution < 1.29 is 9.84 Å². The quantitative estimate of drug-likeness (QED) is 0.702. The summed E-state index contributed by atoms with van der Waals surface area (Å²) in [5, 5.41) is 9.56. The van der Waals surface area contributed by atoms with Gasteiger partial charge in [0.15, 0.2) is 11.5 Å². The van der Waals surface area contributed by atoms with E-state index in [2.05, 4.69) is 13.8 Å². The molecule has 2 heterocycles. The zero-order chi connectivity index (χ0) is 8.88. The molecule has 0 atom stereocenters. The monoisotopic (exact) mass is 164 g/mol. The predicted octanol–water partition coefficient (Wildman–Crippen LogP) is 2.93. The summed E-state index contributed by atoms with van der Waals surface area (Å²) in [6, 6.07) is 1.89. The molecule has 2 aliphatic rings. The second-order valence-corrected chi connectivity index (χ2v) is 3.54. The van der Waals surface area contributed by atoms with Crippen LogP contribution in [0.2, 0.25) is 0 Å². The summed E-state index contributed by atoms with van der Waals surface area (Å²) in [6.45, 7) is 6.08. The number of ether oxygens (including phenoxy) is 1. The predicted molar refractivity (Wildman–Crippen MR) is 47.0 cm³/mol. The van der Waals surface area contributed by atoms with Crippen molar-refractivity contribution in [3.05, 3.63) is 17.2 Å². The number of fused-ring (bicyclic) bond motifs is 2. The Bertz CT molecular complexity index is 340. The molecule has 3 rings (SSSR count). The third kappa shape index (κ3) is 0.750. The first kappa shape index (κ1) is 7.47. The van der Waals surface area contributed by atoms with Gasteiger partial charge in [0.25, 0.3) is 0 Å². The average molecular weight is 164 g/mol. The van der Waals surface area contributed by atoms with Crippen molar-refractivity contribution in [3.63, 3.8) is 0 Å². The van der Waals surface area contributed by atoms with E-state index in [0.29, 0.717) is 17.4 Å². The molecule has 0 spiro atoms. The van der Waals surface area contributed by atoms with Gasteiger partial charge in [0.1, 0.15) is 5.75 Å². The lowest BCUT2D eigenvalue weighted by molar-refractivity contribution is 0.359. The Hall–Kier alpha value is -1.18. The first-order valence-electron chi connectivity index (χ1n) is 4.15. The normalized spacial score (nSPS) is 12.7. The highest BCUT2D eigenvalue weighted by molar-refractivity contribution is 5.66. The maximum Gasteiger partial charge on any atom is 0.176 e. The fraction of sp³-hybridized carbons (Fsp3) is 0.400. The van der Waals surface area contributed by atoms with E-state index in [1.165, 1.54) is 0 Å². The van der Waals surface area contributed by atoms with Gasteiger partial charge >= 0.3 is 0 Å². The topological polar surface area (TPSA) is 29.5 Å². The van der Waals surface area contributed by atoms with Gasteiger partial charge in [0.2, 0.25) is 0 Å². The van der Waals surface area contributed by atoms with Crippen LogP contribution in [0.5, 0.6) is 17.2 Å². The van der Waals surface area contributed by atoms with Crippen LogP contribution in [0.4, 0.5) is 0 Å². The SMILES string of the molecule is Cc1cc2c(C(C)C)c(c1O)O2. The molecule has 0 aromatic heterocycles. The number of phenolic OH excluding ortho intramolecular Hbond substituents is 1. The van der Waals surface area contributed by atoms with Crippen molar-refractivity contribution in [2.24, 2.45) is 0 Å². The number of benzene rings is 1. The number of phenols is 1. The number of aryl methyl sites for hydroxylation is 1. The molecule has 0 amide bonds. The summed E-state index contributed by atoms with van der Waals surface area (Å²) in [5.41, 5.74) is 2.05. The largest absolute Gasteiger partial charge is 0.504 e. The lowest BCUT2D eigenvalue weighted by atomic mass is 9.95. The smallest absolute Gasteiger partial charge is 0.176 e. The van der Waals surface area contributed by atoms with Gasteiger partial charge in [-0.25, -0.2) is 0 Å². The van der Waals surface area contributed by atoms with Crippen molar-refractivity contribution in [2.75, 3.05) is 0 Å². The highest BCUT2D eigenvalue weighted by atomic mass is 16.5. The molecule has 2 nitrogen and oxygen atoms in total. The van der Waals surface area contributed by atoms with E-state index >= 15 is 0 Å². The first-order valence-corrected chi connectivity index (χ1v) is 4.15. The third-order valence-corrected chi connectivity index (χ3v) is 2.24. The van der Waals surface area contributed by atoms with Crippen LogP contribution in [0.1, 0.15) is 30.9 Å². The molecule has 0 aliphatic carbocycles. The van der Waals surface area contributed by atoms with Crippen LogP contribution in [-0.4, -0.2) is 5.11 Å². The van der Waals surface area contributed by atoms with Crippen molar-refractivity contribution in [2.45, 2.75) is 26.7 Å². The van der Waals surface area contributed by atoms with Crippen LogP contribution >= 0.6 is 0 Å². The fourth-order valence-electron chi connectivity index (χ4n) is 1.56. The Labute approximate surface area is 71.8 Å². The van der Waals surface area contributed by atoms with Gasteiger partial charge in [-0.1, -0.05) is 13.8 Å². The van der Waals surface area contributed by atoms with Crippen LogP contribution in [0, 0.1) is 6.92 Å². The van der Waals surface area contributed by atoms with Gasteiger partial charge in [-0.15, -0.1) is 0 Å². The molecule has 12 heavy (non-hydrogen) atoms. The van der Waals surface area contributed by atoms with E-state index in [4.69, 9.17) is 4.74 Å². The molecule has 1 N–H and O–H groups in total. The van der Waals surface area contributed by atoms with E-state index in [0.717, 1.165) is 16.9 Å². The van der Waals surface area contributed by atoms with Crippen LogP contribution in [0.3, 0.4) is 0 Å². The minimum Gasteiger partial charge on any atom is -0.504 e. The van der Waals surface area contributed by atoms with Gasteiger partial charge in [-0.2, -0.15) is 0 Å². The van der Waals surface area contributed by atoms with Gasteiger partial charge in [0, 0.05) is 5.56 Å². The Morgan fingerprint density at radius 1 is 1.42 bits per heavy atom. The molecule has 64 valence electrons. The van der Waals surface area contributed by atoms with E-state index in [1.54, 1.807) is 0 Å². The number of hydrogen-bond donors (Lipinski definition) is 1. The van der Waals surface area contributed by atoms with Crippen molar-refractivity contribution in [1.29, 1.82) is 0 Å². The summed E-state index contributed by atoms with van der Waals surface area (Å²) in [4.78, 5) is 0. The second-order valence-electron chi connectivity index (χ2n) is 3.54. The van der Waals surface area contributed by atoms with Crippen molar-refractivity contribution in [1.82, 2.24) is 0 Å². The Morgan fingerprint density at radius 2 is 2.08 bits per heavy atom. The summed E-state index contributed by atoms with van der Waals surface area (Å²) < 4.78 is 5.26. The van der Waals surface area contributed by atoms with Crippen LogP contribution in [0.25, 0.3) is 0 Å². The molecule has 1 aromatic carbocycles. The highest BCUT2D eigenvalue weighted by Crippen LogP contribution is 2.53. The molecule has 2 bridgehead atoms.